The molecule has 1 saturated heterocycles. The van der Waals surface area contributed by atoms with Crippen LogP contribution in [0.1, 0.15) is 24.6 Å². The third kappa shape index (κ3) is 3.99. The molecule has 2 aromatic rings. The van der Waals surface area contributed by atoms with Gasteiger partial charge in [-0.05, 0) is 25.5 Å². The number of hydrogen-bond donors (Lipinski definition) is 0. The van der Waals surface area contributed by atoms with E-state index in [1.807, 2.05) is 12.3 Å². The lowest BCUT2D eigenvalue weighted by Gasteiger charge is -2.30. The van der Waals surface area contributed by atoms with Crippen LogP contribution in [0.4, 0.5) is 17.2 Å². The number of aryl methyl sites for hydroxylation is 1. The number of nitrogens with zero attached hydrogens (tertiary/aromatic N) is 4. The van der Waals surface area contributed by atoms with E-state index in [4.69, 9.17) is 9.72 Å². The molecule has 0 N–H and O–H groups in total. The molecule has 0 radical (unpaired) electrons. The average molecular weight is 338 g/mol. The topological polar surface area (TPSA) is 41.5 Å². The summed E-state index contributed by atoms with van der Waals surface area (Å²) in [5, 5.41) is 0. The minimum Gasteiger partial charge on any atom is -0.378 e. The monoisotopic (exact) mass is 338 g/mol. The largest absolute Gasteiger partial charge is 0.378 e. The van der Waals surface area contributed by atoms with E-state index in [0.29, 0.717) is 0 Å². The molecule has 0 spiro atoms. The molecule has 5 heteroatoms. The molecule has 0 unspecified atom stereocenters. The fraction of sp³-hybridized carbons (Fsp3) is 0.400. The van der Waals surface area contributed by atoms with Crippen LogP contribution in [0.25, 0.3) is 6.08 Å². The standard InChI is InChI=1S/C20H26N4O/c1-4-5-8-18-16(2)22-20(24-10-12-25-13-11-24)14-19(18)23(3)17-7-6-9-21-15-17/h5-9,14-15H,4,10-13H2,1-3H3/b8-5-. The highest BCUT2D eigenvalue weighted by Crippen LogP contribution is 2.32. The Bertz CT molecular complexity index is 724. The summed E-state index contributed by atoms with van der Waals surface area (Å²) in [4.78, 5) is 13.6. The lowest BCUT2D eigenvalue weighted by Crippen LogP contribution is -2.37. The van der Waals surface area contributed by atoms with Crippen LogP contribution in [-0.4, -0.2) is 43.3 Å². The highest BCUT2D eigenvalue weighted by atomic mass is 16.5. The molecule has 1 aliphatic rings. The summed E-state index contributed by atoms with van der Waals surface area (Å²) in [6.07, 6.45) is 9.04. The van der Waals surface area contributed by atoms with Gasteiger partial charge in [-0.3, -0.25) is 4.98 Å². The second-order valence-corrected chi connectivity index (χ2v) is 6.18. The molecule has 1 aliphatic heterocycles. The first kappa shape index (κ1) is 17.4. The van der Waals surface area contributed by atoms with E-state index in [-0.39, 0.29) is 0 Å². The van der Waals surface area contributed by atoms with Crippen LogP contribution in [-0.2, 0) is 4.74 Å². The van der Waals surface area contributed by atoms with Crippen molar-refractivity contribution in [2.24, 2.45) is 0 Å². The van der Waals surface area contributed by atoms with Gasteiger partial charge in [-0.15, -0.1) is 0 Å². The average Bonchev–Trinajstić information content (AvgIpc) is 2.67. The number of pyridine rings is 2. The normalized spacial score (nSPS) is 14.9. The summed E-state index contributed by atoms with van der Waals surface area (Å²) < 4.78 is 5.48. The van der Waals surface area contributed by atoms with Crippen LogP contribution < -0.4 is 9.80 Å². The quantitative estimate of drug-likeness (QED) is 0.829. The Morgan fingerprint density at radius 3 is 2.80 bits per heavy atom. The molecule has 0 amide bonds. The molecule has 3 rings (SSSR count). The van der Waals surface area contributed by atoms with E-state index in [0.717, 1.165) is 61.2 Å². The molecule has 3 heterocycles. The van der Waals surface area contributed by atoms with E-state index in [9.17, 15) is 0 Å². The first-order chi connectivity index (χ1) is 12.2. The number of aromatic nitrogens is 2. The predicted octanol–water partition coefficient (Wildman–Crippen LogP) is 3.81. The van der Waals surface area contributed by atoms with Crippen LogP contribution in [0.15, 0.2) is 36.7 Å². The van der Waals surface area contributed by atoms with Gasteiger partial charge in [0.05, 0.1) is 30.8 Å². The SMILES string of the molecule is CC/C=C\c1c(N(C)c2cccnc2)cc(N2CCOCC2)nc1C. The predicted molar refractivity (Wildman–Crippen MR) is 104 cm³/mol. The van der Waals surface area contributed by atoms with Gasteiger partial charge in [-0.1, -0.05) is 19.1 Å². The zero-order chi connectivity index (χ0) is 17.6. The second-order valence-electron chi connectivity index (χ2n) is 6.18. The first-order valence-corrected chi connectivity index (χ1v) is 8.85. The molecule has 25 heavy (non-hydrogen) atoms. The molecule has 0 saturated carbocycles. The molecule has 0 aromatic carbocycles. The third-order valence-corrected chi connectivity index (χ3v) is 4.46. The van der Waals surface area contributed by atoms with Crippen molar-refractivity contribution in [3.05, 3.63) is 47.9 Å². The number of allylic oxidation sites excluding steroid dienone is 1. The summed E-state index contributed by atoms with van der Waals surface area (Å²) in [5.41, 5.74) is 4.41. The van der Waals surface area contributed by atoms with Crippen LogP contribution in [0.3, 0.4) is 0 Å². The number of morpholine rings is 1. The van der Waals surface area contributed by atoms with Crippen molar-refractivity contribution in [1.82, 2.24) is 9.97 Å². The fourth-order valence-electron chi connectivity index (χ4n) is 3.01. The van der Waals surface area contributed by atoms with E-state index < -0.39 is 0 Å². The maximum atomic E-state index is 5.48. The number of anilines is 3. The summed E-state index contributed by atoms with van der Waals surface area (Å²) in [5.74, 6) is 1.01. The van der Waals surface area contributed by atoms with E-state index in [1.165, 1.54) is 0 Å². The Morgan fingerprint density at radius 1 is 1.32 bits per heavy atom. The van der Waals surface area contributed by atoms with Gasteiger partial charge < -0.3 is 14.5 Å². The molecule has 132 valence electrons. The van der Waals surface area contributed by atoms with Crippen molar-refractivity contribution in [1.29, 1.82) is 0 Å². The van der Waals surface area contributed by atoms with Crippen molar-refractivity contribution in [2.45, 2.75) is 20.3 Å². The van der Waals surface area contributed by atoms with Crippen molar-refractivity contribution in [2.75, 3.05) is 43.2 Å². The van der Waals surface area contributed by atoms with Crippen LogP contribution in [0, 0.1) is 6.92 Å². The molecule has 0 bridgehead atoms. The van der Waals surface area contributed by atoms with Gasteiger partial charge in [0.15, 0.2) is 0 Å². The van der Waals surface area contributed by atoms with Gasteiger partial charge in [0, 0.05) is 43.7 Å². The van der Waals surface area contributed by atoms with E-state index in [2.05, 4.69) is 60.0 Å². The molecule has 5 nitrogen and oxygen atoms in total. The van der Waals surface area contributed by atoms with Gasteiger partial charge in [0.1, 0.15) is 5.82 Å². The minimum absolute atomic E-state index is 0.756. The summed E-state index contributed by atoms with van der Waals surface area (Å²) in [6.45, 7) is 7.50. The third-order valence-electron chi connectivity index (χ3n) is 4.46. The Kier molecular flexibility index (Phi) is 5.66. The lowest BCUT2D eigenvalue weighted by atomic mass is 10.1. The highest BCUT2D eigenvalue weighted by Gasteiger charge is 2.18. The summed E-state index contributed by atoms with van der Waals surface area (Å²) >= 11 is 0. The minimum atomic E-state index is 0.756. The smallest absolute Gasteiger partial charge is 0.131 e. The van der Waals surface area contributed by atoms with Crippen LogP contribution in [0.2, 0.25) is 0 Å². The van der Waals surface area contributed by atoms with Gasteiger partial charge in [0.2, 0.25) is 0 Å². The molecular formula is C20H26N4O. The second kappa shape index (κ2) is 8.12. The molecule has 1 fully saturated rings. The van der Waals surface area contributed by atoms with E-state index >= 15 is 0 Å². The number of hydrogen-bond acceptors (Lipinski definition) is 5. The zero-order valence-corrected chi connectivity index (χ0v) is 15.3. The van der Waals surface area contributed by atoms with Crippen molar-refractivity contribution in [3.8, 4) is 0 Å². The van der Waals surface area contributed by atoms with Gasteiger partial charge in [-0.2, -0.15) is 0 Å². The van der Waals surface area contributed by atoms with Gasteiger partial charge >= 0.3 is 0 Å². The molecule has 2 aromatic heterocycles. The van der Waals surface area contributed by atoms with E-state index in [1.54, 1.807) is 6.20 Å². The Balaban J connectivity index is 2.05. The molecular weight excluding hydrogens is 312 g/mol. The Morgan fingerprint density at radius 2 is 2.12 bits per heavy atom. The first-order valence-electron chi connectivity index (χ1n) is 8.85. The lowest BCUT2D eigenvalue weighted by molar-refractivity contribution is 0.122. The van der Waals surface area contributed by atoms with Crippen LogP contribution in [0.5, 0.6) is 0 Å². The summed E-state index contributed by atoms with van der Waals surface area (Å²) in [7, 11) is 2.08. The van der Waals surface area contributed by atoms with Crippen molar-refractivity contribution >= 4 is 23.3 Å². The number of ether oxygens (including phenoxy) is 1. The molecule has 0 aliphatic carbocycles. The van der Waals surface area contributed by atoms with Gasteiger partial charge in [-0.25, -0.2) is 4.98 Å². The maximum Gasteiger partial charge on any atom is 0.131 e. The fourth-order valence-corrected chi connectivity index (χ4v) is 3.01. The Hall–Kier alpha value is -2.40. The highest BCUT2D eigenvalue weighted by molar-refractivity contribution is 5.77. The van der Waals surface area contributed by atoms with Crippen LogP contribution >= 0.6 is 0 Å². The maximum absolute atomic E-state index is 5.48. The van der Waals surface area contributed by atoms with Gasteiger partial charge in [0.25, 0.3) is 0 Å². The zero-order valence-electron chi connectivity index (χ0n) is 15.3. The summed E-state index contributed by atoms with van der Waals surface area (Å²) in [6, 6.07) is 6.22. The van der Waals surface area contributed by atoms with Crippen molar-refractivity contribution < 1.29 is 4.74 Å². The Labute approximate surface area is 150 Å². The molecule has 0 atom stereocenters. The van der Waals surface area contributed by atoms with Crippen molar-refractivity contribution in [3.63, 3.8) is 0 Å². The number of rotatable bonds is 5.